The van der Waals surface area contributed by atoms with Crippen LogP contribution in [0.4, 0.5) is 0 Å². The van der Waals surface area contributed by atoms with Gasteiger partial charge in [-0.1, -0.05) is 0 Å². The number of hydrogen-bond donors (Lipinski definition) is 9. The number of aromatic nitrogens is 1. The number of fused-ring (bicyclic) bond motifs is 8. The molecule has 5 rings (SSSR count). The van der Waals surface area contributed by atoms with Gasteiger partial charge < -0.3 is 36.3 Å². The quantitative estimate of drug-likeness (QED) is 0.213. The Morgan fingerprint density at radius 1 is 0.889 bits per heavy atom. The summed E-state index contributed by atoms with van der Waals surface area (Å²) in [6.45, 7) is 11.8. The number of carboxylic acid groups (broad SMARTS) is 2. The first-order chi connectivity index (χ1) is 21.1. The molecule has 0 unspecified atom stereocenters. The molecular formula is C34H42N4O5S2. The third-order valence-corrected chi connectivity index (χ3v) is 9.86. The van der Waals surface area contributed by atoms with Gasteiger partial charge in [0.05, 0.1) is 12.1 Å². The minimum absolute atomic E-state index is 0.0194. The van der Waals surface area contributed by atoms with Crippen LogP contribution in [0.2, 0.25) is 0 Å². The highest BCUT2D eigenvalue weighted by atomic mass is 32.1. The van der Waals surface area contributed by atoms with Crippen molar-refractivity contribution in [2.45, 2.75) is 91.5 Å². The predicted molar refractivity (Wildman–Crippen MR) is 183 cm³/mol. The minimum Gasteiger partial charge on any atom is -0.481 e. The molecule has 45 heavy (non-hydrogen) atoms. The van der Waals surface area contributed by atoms with E-state index in [1.165, 1.54) is 0 Å². The SMILES string of the molecule is CC1=C2C[C@]3(O)NC(=C(C)C/3=C(/C)S)/C=C3/N[C@H](/C=c4/[nH]/c(c(C)c4CCC(=O)O)=C\[C@@H](N2)/C1=C(/C)S)C(CCC(=O)O)=C3C. The number of nitrogens with one attached hydrogen (secondary N) is 4. The van der Waals surface area contributed by atoms with E-state index in [1.54, 1.807) is 0 Å². The van der Waals surface area contributed by atoms with E-state index in [1.807, 2.05) is 53.7 Å². The molecule has 240 valence electrons. The fourth-order valence-electron chi connectivity index (χ4n) is 7.16. The second-order valence-corrected chi connectivity index (χ2v) is 13.7. The van der Waals surface area contributed by atoms with Crippen molar-refractivity contribution in [3.63, 3.8) is 0 Å². The Morgan fingerprint density at radius 2 is 1.53 bits per heavy atom. The van der Waals surface area contributed by atoms with Crippen LogP contribution in [-0.4, -0.2) is 50.1 Å². The third-order valence-electron chi connectivity index (χ3n) is 9.39. The van der Waals surface area contributed by atoms with Gasteiger partial charge in [-0.3, -0.25) is 9.59 Å². The summed E-state index contributed by atoms with van der Waals surface area (Å²) in [6, 6.07) is -0.563. The summed E-state index contributed by atoms with van der Waals surface area (Å²) < 4.78 is 0. The number of thiol groups is 2. The van der Waals surface area contributed by atoms with E-state index >= 15 is 0 Å². The van der Waals surface area contributed by atoms with Crippen LogP contribution in [0.15, 0.2) is 66.4 Å². The Labute approximate surface area is 274 Å². The molecule has 0 spiro atoms. The molecule has 4 aliphatic rings. The van der Waals surface area contributed by atoms with Crippen molar-refractivity contribution >= 4 is 49.3 Å². The molecule has 1 aromatic rings. The standard InChI is InChI=1S/C34H42N4O5S2/c1-15-21(7-9-30(39)40)26-13-27-22(8-10-31(41)42)16(2)24(36-27)12-28-32(19(5)44)17(3)29(37-28)14-34(43)33(20(6)45)18(4)25(38-34)11-23(15)35-26/h11-13,26,28,35-38,43-45H,7-10,14H2,1-6H3,(H,39,40)(H,41,42)/b23-11+,24-12-,27-13+,32-19-,33-20+/t26-,28-,34-/m1/s1. The number of carboxylic acids is 2. The first-order valence-corrected chi connectivity index (χ1v) is 16.0. The van der Waals surface area contributed by atoms with Crippen molar-refractivity contribution in [3.05, 3.63) is 88.2 Å². The summed E-state index contributed by atoms with van der Waals surface area (Å²) in [5.41, 5.74) is 8.36. The molecule has 0 radical (unpaired) electrons. The van der Waals surface area contributed by atoms with Gasteiger partial charge in [-0.25, -0.2) is 0 Å². The van der Waals surface area contributed by atoms with Gasteiger partial charge in [-0.15, -0.1) is 25.3 Å². The molecule has 8 bridgehead atoms. The average Bonchev–Trinajstić information content (AvgIpc) is 3.57. The van der Waals surface area contributed by atoms with Gasteiger partial charge in [0.25, 0.3) is 0 Å². The predicted octanol–water partition coefficient (Wildman–Crippen LogP) is 3.56. The highest BCUT2D eigenvalue weighted by molar-refractivity contribution is 7.84. The second-order valence-electron chi connectivity index (χ2n) is 12.4. The first kappa shape index (κ1) is 32.8. The lowest BCUT2D eigenvalue weighted by Crippen LogP contribution is -2.44. The number of allylic oxidation sites excluding steroid dienone is 4. The monoisotopic (exact) mass is 650 g/mol. The van der Waals surface area contributed by atoms with Gasteiger partial charge in [0.15, 0.2) is 5.72 Å². The van der Waals surface area contributed by atoms with E-state index < -0.39 is 17.7 Å². The molecule has 0 fully saturated rings. The van der Waals surface area contributed by atoms with Gasteiger partial charge in [0, 0.05) is 52.6 Å². The zero-order valence-corrected chi connectivity index (χ0v) is 28.3. The minimum atomic E-state index is -1.43. The number of carbonyl (C=O) groups is 2. The number of aromatic amines is 1. The number of H-pyrrole nitrogens is 1. The topological polar surface area (TPSA) is 147 Å². The van der Waals surface area contributed by atoms with Crippen molar-refractivity contribution < 1.29 is 24.9 Å². The molecule has 9 nitrogen and oxygen atoms in total. The molecule has 7 N–H and O–H groups in total. The van der Waals surface area contributed by atoms with Crippen molar-refractivity contribution in [2.24, 2.45) is 0 Å². The fraction of sp³-hybridized carbons (Fsp3) is 0.412. The molecule has 0 aliphatic carbocycles. The number of aliphatic hydroxyl groups is 1. The molecule has 4 aliphatic heterocycles. The number of aliphatic carboxylic acids is 2. The van der Waals surface area contributed by atoms with Crippen LogP contribution in [0, 0.1) is 6.92 Å². The van der Waals surface area contributed by atoms with Crippen molar-refractivity contribution in [3.8, 4) is 0 Å². The van der Waals surface area contributed by atoms with E-state index in [-0.39, 0.29) is 31.3 Å². The van der Waals surface area contributed by atoms with E-state index in [9.17, 15) is 24.9 Å². The van der Waals surface area contributed by atoms with Crippen LogP contribution in [-0.2, 0) is 16.0 Å². The molecule has 0 saturated carbocycles. The third kappa shape index (κ3) is 6.17. The maximum atomic E-state index is 12.2. The molecule has 0 saturated heterocycles. The van der Waals surface area contributed by atoms with E-state index in [0.717, 1.165) is 71.7 Å². The van der Waals surface area contributed by atoms with Crippen LogP contribution in [0.1, 0.15) is 71.4 Å². The van der Waals surface area contributed by atoms with Crippen molar-refractivity contribution in [2.75, 3.05) is 0 Å². The molecule has 0 amide bonds. The van der Waals surface area contributed by atoms with Crippen LogP contribution < -0.4 is 26.6 Å². The first-order valence-electron chi connectivity index (χ1n) is 15.1. The number of hydrogen-bond acceptors (Lipinski definition) is 8. The maximum absolute atomic E-state index is 12.2. The summed E-state index contributed by atoms with van der Waals surface area (Å²) in [6.07, 6.45) is 7.01. The van der Waals surface area contributed by atoms with E-state index in [4.69, 9.17) is 12.6 Å². The van der Waals surface area contributed by atoms with E-state index in [2.05, 4.69) is 39.6 Å². The molecule has 3 atom stereocenters. The smallest absolute Gasteiger partial charge is 0.303 e. The lowest BCUT2D eigenvalue weighted by atomic mass is 9.93. The highest BCUT2D eigenvalue weighted by Gasteiger charge is 2.43. The maximum Gasteiger partial charge on any atom is 0.303 e. The lowest BCUT2D eigenvalue weighted by Gasteiger charge is -2.29. The van der Waals surface area contributed by atoms with Gasteiger partial charge in [0.1, 0.15) is 0 Å². The summed E-state index contributed by atoms with van der Waals surface area (Å²) >= 11 is 9.43. The van der Waals surface area contributed by atoms with Crippen LogP contribution in [0.25, 0.3) is 12.2 Å². The Balaban J connectivity index is 1.79. The molecule has 1 aromatic heterocycles. The zero-order chi connectivity index (χ0) is 33.0. The summed E-state index contributed by atoms with van der Waals surface area (Å²) in [5, 5.41) is 43.6. The molecule has 0 aromatic carbocycles. The summed E-state index contributed by atoms with van der Waals surface area (Å²) in [5.74, 6) is -1.75. The molecular weight excluding hydrogens is 609 g/mol. The van der Waals surface area contributed by atoms with Crippen molar-refractivity contribution in [1.29, 1.82) is 0 Å². The average molecular weight is 651 g/mol. The second kappa shape index (κ2) is 12.3. The largest absolute Gasteiger partial charge is 0.481 e. The highest BCUT2D eigenvalue weighted by Crippen LogP contribution is 2.42. The zero-order valence-electron chi connectivity index (χ0n) is 26.5. The Hall–Kier alpha value is -3.54. The molecule has 11 heteroatoms. The van der Waals surface area contributed by atoms with Gasteiger partial charge in [-0.05, 0) is 121 Å². The fourth-order valence-corrected chi connectivity index (χ4v) is 7.82. The summed E-state index contributed by atoms with van der Waals surface area (Å²) in [7, 11) is 0. The van der Waals surface area contributed by atoms with Crippen LogP contribution in [0.3, 0.4) is 0 Å². The Bertz CT molecular complexity index is 1820. The van der Waals surface area contributed by atoms with Crippen LogP contribution >= 0.6 is 25.3 Å². The number of rotatable bonds is 6. The van der Waals surface area contributed by atoms with Gasteiger partial charge in [-0.2, -0.15) is 0 Å². The summed E-state index contributed by atoms with van der Waals surface area (Å²) in [4.78, 5) is 28.4. The molecule has 5 heterocycles. The van der Waals surface area contributed by atoms with Gasteiger partial charge >= 0.3 is 11.9 Å². The van der Waals surface area contributed by atoms with Crippen molar-refractivity contribution in [1.82, 2.24) is 20.9 Å². The van der Waals surface area contributed by atoms with Gasteiger partial charge in [0.2, 0.25) is 0 Å². The Morgan fingerprint density at radius 3 is 2.16 bits per heavy atom. The van der Waals surface area contributed by atoms with Crippen LogP contribution in [0.5, 0.6) is 0 Å². The Kier molecular flexibility index (Phi) is 9.00. The normalized spacial score (nSPS) is 29.2. The van der Waals surface area contributed by atoms with E-state index in [0.29, 0.717) is 23.3 Å². The lowest BCUT2D eigenvalue weighted by molar-refractivity contribution is -0.138.